The van der Waals surface area contributed by atoms with Crippen molar-refractivity contribution in [1.29, 1.82) is 0 Å². The van der Waals surface area contributed by atoms with E-state index in [0.29, 0.717) is 38.8 Å². The van der Waals surface area contributed by atoms with E-state index in [9.17, 15) is 28.8 Å². The minimum absolute atomic E-state index is 0.152. The lowest BCUT2D eigenvalue weighted by Crippen LogP contribution is -2.64. The van der Waals surface area contributed by atoms with E-state index < -0.39 is 54.0 Å². The molecule has 2 N–H and O–H groups in total. The number of rotatable bonds is 6. The van der Waals surface area contributed by atoms with Crippen LogP contribution in [0.2, 0.25) is 0 Å². The van der Waals surface area contributed by atoms with Gasteiger partial charge in [-0.1, -0.05) is 80.9 Å². The quantitative estimate of drug-likeness (QED) is 0.469. The number of amides is 6. The molecule has 3 aliphatic heterocycles. The van der Waals surface area contributed by atoms with Crippen LogP contribution in [0, 0.1) is 5.92 Å². The van der Waals surface area contributed by atoms with Crippen molar-refractivity contribution in [3.05, 3.63) is 71.8 Å². The summed E-state index contributed by atoms with van der Waals surface area (Å²) >= 11 is 0. The normalized spacial score (nSPS) is 27.6. The molecule has 12 nitrogen and oxygen atoms in total. The molecule has 286 valence electrons. The molecular weight excluding hydrogens is 672 g/mol. The number of piperidine rings is 2. The molecule has 0 spiro atoms. The topological polar surface area (TPSA) is 139 Å². The molecule has 0 saturated carbocycles. The zero-order valence-corrected chi connectivity index (χ0v) is 31.8. The van der Waals surface area contributed by atoms with Crippen molar-refractivity contribution in [3.63, 3.8) is 0 Å². The second kappa shape index (κ2) is 17.9. The molecule has 0 radical (unpaired) electrons. The zero-order valence-electron chi connectivity index (χ0n) is 31.8. The summed E-state index contributed by atoms with van der Waals surface area (Å²) in [6.07, 6.45) is 4.73. The van der Waals surface area contributed by atoms with E-state index in [4.69, 9.17) is 0 Å². The van der Waals surface area contributed by atoms with Crippen molar-refractivity contribution in [2.45, 2.75) is 115 Å². The number of fused-ring (bicyclic) bond motifs is 2. The number of carbonyl (C=O) groups is 6. The summed E-state index contributed by atoms with van der Waals surface area (Å²) in [6, 6.07) is 13.1. The molecule has 3 heterocycles. The van der Waals surface area contributed by atoms with Gasteiger partial charge in [0.05, 0.1) is 0 Å². The number of nitrogens with one attached hydrogen (secondary N) is 2. The SMILES string of the molecule is CCC(C)[C@@H]1NC(=O)[C@@H](Cc2ccccc2)NC(=O)[C@H](C)N(C)C(=O)[C@@H](Cc2ccccc2)N(C)C(=O)[C@@H]2CCCCN2C(=O)[C@H]2CCCCN2C1=O. The summed E-state index contributed by atoms with van der Waals surface area (Å²) in [4.78, 5) is 92.3. The Morgan fingerprint density at radius 2 is 1.17 bits per heavy atom. The summed E-state index contributed by atoms with van der Waals surface area (Å²) < 4.78 is 0. The van der Waals surface area contributed by atoms with Crippen molar-refractivity contribution in [3.8, 4) is 0 Å². The monoisotopic (exact) mass is 728 g/mol. The summed E-state index contributed by atoms with van der Waals surface area (Å²) in [7, 11) is 3.12. The van der Waals surface area contributed by atoms with E-state index >= 15 is 0 Å². The first-order valence-corrected chi connectivity index (χ1v) is 19.3. The van der Waals surface area contributed by atoms with Gasteiger partial charge in [0.25, 0.3) is 0 Å². The van der Waals surface area contributed by atoms with Crippen molar-refractivity contribution in [1.82, 2.24) is 30.2 Å². The molecule has 3 saturated heterocycles. The van der Waals surface area contributed by atoms with Gasteiger partial charge < -0.3 is 30.2 Å². The Labute approximate surface area is 313 Å². The number of benzene rings is 2. The largest absolute Gasteiger partial charge is 0.342 e. The minimum Gasteiger partial charge on any atom is -0.342 e. The Morgan fingerprint density at radius 1 is 0.642 bits per heavy atom. The van der Waals surface area contributed by atoms with E-state index in [2.05, 4.69) is 10.6 Å². The van der Waals surface area contributed by atoms with Gasteiger partial charge in [-0.15, -0.1) is 0 Å². The fraction of sp³-hybridized carbons (Fsp3) is 0.561. The summed E-state index contributed by atoms with van der Waals surface area (Å²) in [5.74, 6) is -2.73. The fourth-order valence-corrected chi connectivity index (χ4v) is 7.78. The van der Waals surface area contributed by atoms with E-state index in [1.807, 2.05) is 74.5 Å². The van der Waals surface area contributed by atoms with Crippen LogP contribution in [0.3, 0.4) is 0 Å². The fourth-order valence-electron chi connectivity index (χ4n) is 7.78. The van der Waals surface area contributed by atoms with Gasteiger partial charge in [0.15, 0.2) is 0 Å². The number of hydrogen-bond acceptors (Lipinski definition) is 6. The predicted octanol–water partition coefficient (Wildman–Crippen LogP) is 2.94. The first-order valence-electron chi connectivity index (χ1n) is 19.3. The molecular formula is C41H56N6O6. The molecule has 53 heavy (non-hydrogen) atoms. The van der Waals surface area contributed by atoms with Crippen LogP contribution >= 0.6 is 0 Å². The van der Waals surface area contributed by atoms with Gasteiger partial charge >= 0.3 is 0 Å². The first kappa shape index (κ1) is 39.5. The number of nitrogens with zero attached hydrogens (tertiary/aromatic N) is 4. The van der Waals surface area contributed by atoms with Crippen LogP contribution in [0.4, 0.5) is 0 Å². The number of carbonyl (C=O) groups excluding carboxylic acids is 6. The maximum absolute atomic E-state index is 14.6. The summed E-state index contributed by atoms with van der Waals surface area (Å²) in [5.41, 5.74) is 1.64. The summed E-state index contributed by atoms with van der Waals surface area (Å²) in [6.45, 7) is 6.14. The van der Waals surface area contributed by atoms with Crippen LogP contribution in [0.1, 0.15) is 76.8 Å². The number of hydrogen-bond donors (Lipinski definition) is 2. The second-order valence-electron chi connectivity index (χ2n) is 15.0. The zero-order chi connectivity index (χ0) is 38.2. The van der Waals surface area contributed by atoms with E-state index in [1.54, 1.807) is 23.8 Å². The lowest BCUT2D eigenvalue weighted by molar-refractivity contribution is -0.158. The van der Waals surface area contributed by atoms with Crippen molar-refractivity contribution in [2.75, 3.05) is 27.2 Å². The highest BCUT2D eigenvalue weighted by Crippen LogP contribution is 2.28. The Kier molecular flexibility index (Phi) is 13.3. The predicted molar refractivity (Wildman–Crippen MR) is 201 cm³/mol. The van der Waals surface area contributed by atoms with Crippen LogP contribution in [0.15, 0.2) is 60.7 Å². The van der Waals surface area contributed by atoms with Crippen LogP contribution in [-0.2, 0) is 41.6 Å². The third-order valence-electron chi connectivity index (χ3n) is 11.5. The van der Waals surface area contributed by atoms with Gasteiger partial charge in [-0.25, -0.2) is 0 Å². The minimum atomic E-state index is -1.06. The smallest absolute Gasteiger partial charge is 0.246 e. The third kappa shape index (κ3) is 9.08. The van der Waals surface area contributed by atoms with Gasteiger partial charge in [-0.05, 0) is 62.5 Å². The Hall–Kier alpha value is -4.74. The highest BCUT2D eigenvalue weighted by atomic mass is 16.2. The van der Waals surface area contributed by atoms with Crippen LogP contribution in [0.25, 0.3) is 0 Å². The molecule has 3 fully saturated rings. The average molecular weight is 729 g/mol. The van der Waals surface area contributed by atoms with Crippen LogP contribution in [-0.4, -0.2) is 118 Å². The van der Waals surface area contributed by atoms with Crippen molar-refractivity contribution < 1.29 is 28.8 Å². The molecule has 1 unspecified atom stereocenters. The Morgan fingerprint density at radius 3 is 1.74 bits per heavy atom. The van der Waals surface area contributed by atoms with Gasteiger partial charge in [-0.2, -0.15) is 0 Å². The molecule has 2 aromatic carbocycles. The van der Waals surface area contributed by atoms with Gasteiger partial charge in [0.1, 0.15) is 36.3 Å². The molecule has 2 aromatic rings. The van der Waals surface area contributed by atoms with Crippen LogP contribution in [0.5, 0.6) is 0 Å². The molecule has 6 amide bonds. The Balaban J connectivity index is 1.58. The first-order chi connectivity index (χ1) is 25.4. The maximum atomic E-state index is 14.6. The highest BCUT2D eigenvalue weighted by molar-refractivity contribution is 5.98. The maximum Gasteiger partial charge on any atom is 0.246 e. The second-order valence-corrected chi connectivity index (χ2v) is 15.0. The van der Waals surface area contributed by atoms with E-state index in [-0.39, 0.29) is 36.5 Å². The van der Waals surface area contributed by atoms with Crippen LogP contribution < -0.4 is 10.6 Å². The molecule has 0 aromatic heterocycles. The van der Waals surface area contributed by atoms with Crippen molar-refractivity contribution >= 4 is 35.4 Å². The standard InChI is InChI=1S/C41H56N6O6/c1-6-27(2)35-41(53)47-24-16-14-22-33(47)40(52)46-23-15-13-21-32(46)38(50)45(5)34(26-30-19-11-8-12-20-30)39(51)44(4)28(3)36(48)42-31(37(49)43-35)25-29-17-9-7-10-18-29/h7-12,17-20,27-28,31-35H,6,13-16,21-26H2,1-5H3,(H,42,48)(H,43,49)/t27?,28-,31+,32-,33+,34+,35-/m0/s1. The molecule has 5 rings (SSSR count). The molecule has 7 atom stereocenters. The summed E-state index contributed by atoms with van der Waals surface area (Å²) in [5, 5.41) is 5.87. The highest BCUT2D eigenvalue weighted by Gasteiger charge is 2.45. The van der Waals surface area contributed by atoms with E-state index in [1.165, 1.54) is 16.8 Å². The lowest BCUT2D eigenvalue weighted by Gasteiger charge is -2.44. The van der Waals surface area contributed by atoms with Crippen molar-refractivity contribution in [2.24, 2.45) is 5.92 Å². The third-order valence-corrected chi connectivity index (χ3v) is 11.5. The van der Waals surface area contributed by atoms with Gasteiger partial charge in [0, 0.05) is 40.0 Å². The van der Waals surface area contributed by atoms with E-state index in [0.717, 1.165) is 30.4 Å². The average Bonchev–Trinajstić information content (AvgIpc) is 3.19. The molecule has 12 heteroatoms. The van der Waals surface area contributed by atoms with Gasteiger partial charge in [0.2, 0.25) is 35.4 Å². The Bertz CT molecular complexity index is 1620. The lowest BCUT2D eigenvalue weighted by atomic mass is 9.92. The molecule has 0 aliphatic carbocycles. The molecule has 0 bridgehead atoms. The molecule has 3 aliphatic rings. The number of likely N-dealkylation sites (N-methyl/N-ethyl adjacent to an activating group) is 2. The van der Waals surface area contributed by atoms with Gasteiger partial charge in [-0.3, -0.25) is 28.8 Å².